The Balaban J connectivity index is 2.46. The minimum atomic E-state index is -3.93. The maximum atomic E-state index is 12.6. The lowest BCUT2D eigenvalue weighted by molar-refractivity contribution is -0.126. The second kappa shape index (κ2) is 5.84. The first-order chi connectivity index (χ1) is 9.82. The van der Waals surface area contributed by atoms with Crippen molar-refractivity contribution in [1.29, 1.82) is 0 Å². The molecule has 6 nitrogen and oxygen atoms in total. The van der Waals surface area contributed by atoms with Crippen LogP contribution in [0.15, 0.2) is 21.5 Å². The van der Waals surface area contributed by atoms with Gasteiger partial charge in [-0.05, 0) is 34.8 Å². The third kappa shape index (κ3) is 3.01. The van der Waals surface area contributed by atoms with Crippen LogP contribution in [0.5, 0.6) is 11.5 Å². The highest BCUT2D eigenvalue weighted by molar-refractivity contribution is 9.10. The Bertz CT molecular complexity index is 669. The first kappa shape index (κ1) is 16.1. The van der Waals surface area contributed by atoms with Crippen LogP contribution in [0, 0.1) is 5.92 Å². The van der Waals surface area contributed by atoms with E-state index in [9.17, 15) is 13.2 Å². The summed E-state index contributed by atoms with van der Waals surface area (Å²) in [7, 11) is 0.224. The van der Waals surface area contributed by atoms with Crippen molar-refractivity contribution in [1.82, 2.24) is 4.31 Å². The first-order valence-corrected chi connectivity index (χ1v) is 8.50. The number of sulfonamides is 1. The SMILES string of the molecule is COc1cc(Br)c(S(=O)(=O)N(C)C(=O)C2CC2)cc1OC. The third-order valence-corrected chi connectivity index (χ3v) is 6.03. The van der Waals surface area contributed by atoms with Gasteiger partial charge in [0.15, 0.2) is 11.5 Å². The summed E-state index contributed by atoms with van der Waals surface area (Å²) in [5, 5.41) is 0. The van der Waals surface area contributed by atoms with Crippen LogP contribution >= 0.6 is 15.9 Å². The molecule has 2 rings (SSSR count). The van der Waals surface area contributed by atoms with Gasteiger partial charge in [-0.15, -0.1) is 0 Å². The van der Waals surface area contributed by atoms with Gasteiger partial charge in [0.1, 0.15) is 4.90 Å². The minimum Gasteiger partial charge on any atom is -0.493 e. The molecule has 0 bridgehead atoms. The van der Waals surface area contributed by atoms with Gasteiger partial charge in [0, 0.05) is 23.5 Å². The number of nitrogens with zero attached hydrogens (tertiary/aromatic N) is 1. The van der Waals surface area contributed by atoms with Crippen LogP contribution in [0.4, 0.5) is 0 Å². The number of halogens is 1. The average molecular weight is 378 g/mol. The number of ether oxygens (including phenoxy) is 2. The molecular formula is C13H16BrNO5S. The monoisotopic (exact) mass is 377 g/mol. The standard InChI is InChI=1S/C13H16BrNO5S/c1-15(13(16)8-4-5-8)21(17,18)12-7-11(20-3)10(19-2)6-9(12)14/h6-8H,4-5H2,1-3H3. The van der Waals surface area contributed by atoms with Gasteiger partial charge in [-0.25, -0.2) is 12.7 Å². The summed E-state index contributed by atoms with van der Waals surface area (Å²) < 4.78 is 36.5. The fraction of sp³-hybridized carbons (Fsp3) is 0.462. The Morgan fingerprint density at radius 3 is 2.24 bits per heavy atom. The molecule has 0 aromatic heterocycles. The van der Waals surface area contributed by atoms with E-state index < -0.39 is 10.0 Å². The van der Waals surface area contributed by atoms with Gasteiger partial charge in [-0.3, -0.25) is 4.79 Å². The summed E-state index contributed by atoms with van der Waals surface area (Å²) in [4.78, 5) is 12.0. The van der Waals surface area contributed by atoms with Crippen LogP contribution in [-0.2, 0) is 14.8 Å². The topological polar surface area (TPSA) is 72.9 Å². The zero-order chi connectivity index (χ0) is 15.8. The predicted octanol–water partition coefficient (Wildman–Crippen LogP) is 2.02. The van der Waals surface area contributed by atoms with Crippen molar-refractivity contribution in [3.8, 4) is 11.5 Å². The Labute approximate surface area is 132 Å². The van der Waals surface area contributed by atoms with Gasteiger partial charge in [0.05, 0.1) is 14.2 Å². The van der Waals surface area contributed by atoms with Crippen molar-refractivity contribution in [3.05, 3.63) is 16.6 Å². The molecule has 1 aromatic rings. The average Bonchev–Trinajstić information content (AvgIpc) is 3.29. The van der Waals surface area contributed by atoms with Crippen molar-refractivity contribution >= 4 is 31.9 Å². The minimum absolute atomic E-state index is 0.0309. The van der Waals surface area contributed by atoms with Crippen LogP contribution in [0.3, 0.4) is 0 Å². The van der Waals surface area contributed by atoms with Crippen LogP contribution in [-0.4, -0.2) is 39.9 Å². The molecule has 21 heavy (non-hydrogen) atoms. The molecule has 8 heteroatoms. The van der Waals surface area contributed by atoms with Gasteiger partial charge in [0.2, 0.25) is 5.91 Å². The number of benzene rings is 1. The zero-order valence-corrected chi connectivity index (χ0v) is 14.3. The van der Waals surface area contributed by atoms with E-state index >= 15 is 0 Å². The molecule has 1 saturated carbocycles. The van der Waals surface area contributed by atoms with Crippen LogP contribution in [0.1, 0.15) is 12.8 Å². The van der Waals surface area contributed by atoms with Gasteiger partial charge in [-0.1, -0.05) is 0 Å². The molecule has 0 unspecified atom stereocenters. The number of amides is 1. The number of carbonyl (C=O) groups excluding carboxylic acids is 1. The number of rotatable bonds is 5. The van der Waals surface area contributed by atoms with Crippen molar-refractivity contribution in [3.63, 3.8) is 0 Å². The fourth-order valence-corrected chi connectivity index (χ4v) is 4.06. The summed E-state index contributed by atoms with van der Waals surface area (Å²) in [6.45, 7) is 0. The molecule has 0 radical (unpaired) electrons. The molecule has 1 aromatic carbocycles. The molecular weight excluding hydrogens is 362 g/mol. The largest absolute Gasteiger partial charge is 0.493 e. The summed E-state index contributed by atoms with van der Waals surface area (Å²) in [6.07, 6.45) is 1.48. The zero-order valence-electron chi connectivity index (χ0n) is 11.9. The Hall–Kier alpha value is -1.28. The summed E-state index contributed by atoms with van der Waals surface area (Å²) in [6, 6.07) is 2.84. The predicted molar refractivity (Wildman–Crippen MR) is 79.9 cm³/mol. The normalized spacial score (nSPS) is 14.7. The van der Waals surface area contributed by atoms with E-state index in [-0.39, 0.29) is 22.5 Å². The molecule has 1 aliphatic carbocycles. The molecule has 1 fully saturated rings. The first-order valence-electron chi connectivity index (χ1n) is 6.27. The Morgan fingerprint density at radius 1 is 1.24 bits per heavy atom. The molecule has 0 heterocycles. The third-order valence-electron chi connectivity index (χ3n) is 3.31. The fourth-order valence-electron chi connectivity index (χ4n) is 1.89. The van der Waals surface area contributed by atoms with Crippen molar-refractivity contribution < 1.29 is 22.7 Å². The lowest BCUT2D eigenvalue weighted by atomic mass is 10.3. The van der Waals surface area contributed by atoms with E-state index in [1.54, 1.807) is 0 Å². The van der Waals surface area contributed by atoms with E-state index in [4.69, 9.17) is 9.47 Å². The van der Waals surface area contributed by atoms with E-state index in [1.165, 1.54) is 33.4 Å². The molecule has 0 spiro atoms. The number of methoxy groups -OCH3 is 2. The van der Waals surface area contributed by atoms with Crippen molar-refractivity contribution in [2.75, 3.05) is 21.3 Å². The molecule has 1 aliphatic rings. The highest BCUT2D eigenvalue weighted by Gasteiger charge is 2.38. The lowest BCUT2D eigenvalue weighted by Crippen LogP contribution is -2.34. The number of hydrogen-bond donors (Lipinski definition) is 0. The van der Waals surface area contributed by atoms with Crippen molar-refractivity contribution in [2.24, 2.45) is 5.92 Å². The van der Waals surface area contributed by atoms with E-state index in [0.717, 1.165) is 17.1 Å². The smallest absolute Gasteiger partial charge is 0.267 e. The maximum Gasteiger partial charge on any atom is 0.267 e. The summed E-state index contributed by atoms with van der Waals surface area (Å²) >= 11 is 3.20. The van der Waals surface area contributed by atoms with Crippen molar-refractivity contribution in [2.45, 2.75) is 17.7 Å². The van der Waals surface area contributed by atoms with Gasteiger partial charge in [-0.2, -0.15) is 0 Å². The Morgan fingerprint density at radius 2 is 1.76 bits per heavy atom. The molecule has 0 N–H and O–H groups in total. The van der Waals surface area contributed by atoms with Crippen LogP contribution in [0.2, 0.25) is 0 Å². The summed E-state index contributed by atoms with van der Waals surface area (Å²) in [5.41, 5.74) is 0. The highest BCUT2D eigenvalue weighted by atomic mass is 79.9. The van der Waals surface area contributed by atoms with Gasteiger partial charge >= 0.3 is 0 Å². The van der Waals surface area contributed by atoms with Crippen LogP contribution < -0.4 is 9.47 Å². The molecule has 0 atom stereocenters. The number of hydrogen-bond acceptors (Lipinski definition) is 5. The van der Waals surface area contributed by atoms with E-state index in [0.29, 0.717) is 10.2 Å². The van der Waals surface area contributed by atoms with E-state index in [2.05, 4.69) is 15.9 Å². The van der Waals surface area contributed by atoms with Crippen LogP contribution in [0.25, 0.3) is 0 Å². The molecule has 116 valence electrons. The lowest BCUT2D eigenvalue weighted by Gasteiger charge is -2.19. The molecule has 1 amide bonds. The maximum absolute atomic E-state index is 12.6. The Kier molecular flexibility index (Phi) is 4.48. The number of carbonyl (C=O) groups is 1. The van der Waals surface area contributed by atoms with Gasteiger partial charge in [0.25, 0.3) is 10.0 Å². The van der Waals surface area contributed by atoms with Gasteiger partial charge < -0.3 is 9.47 Å². The molecule has 0 aliphatic heterocycles. The second-order valence-electron chi connectivity index (χ2n) is 4.72. The van der Waals surface area contributed by atoms with E-state index in [1.807, 2.05) is 0 Å². The quantitative estimate of drug-likeness (QED) is 0.784. The molecule has 0 saturated heterocycles. The highest BCUT2D eigenvalue weighted by Crippen LogP contribution is 2.38. The summed E-state index contributed by atoms with van der Waals surface area (Å²) in [5.74, 6) is 0.131. The second-order valence-corrected chi connectivity index (χ2v) is 7.51.